The highest BCUT2D eigenvalue weighted by Gasteiger charge is 2.23. The van der Waals surface area contributed by atoms with Crippen molar-refractivity contribution in [2.24, 2.45) is 0 Å². The number of nitrogens with zero attached hydrogens (tertiary/aromatic N) is 2. The quantitative estimate of drug-likeness (QED) is 0.814. The summed E-state index contributed by atoms with van der Waals surface area (Å²) in [6, 6.07) is 10.2. The number of rotatable bonds is 4. The number of hydrogen-bond donors (Lipinski definition) is 0. The van der Waals surface area contributed by atoms with Crippen molar-refractivity contribution in [3.63, 3.8) is 0 Å². The molecule has 106 valence electrons. The number of aryl methyl sites for hydroxylation is 1. The van der Waals surface area contributed by atoms with Crippen molar-refractivity contribution >= 4 is 27.3 Å². The number of sulfonamides is 1. The molecule has 0 aliphatic carbocycles. The van der Waals surface area contributed by atoms with Gasteiger partial charge in [0.25, 0.3) is 10.0 Å². The van der Waals surface area contributed by atoms with Crippen LogP contribution in [0, 0.1) is 6.92 Å². The highest BCUT2D eigenvalue weighted by molar-refractivity contribution is 7.92. The molecule has 0 aliphatic rings. The van der Waals surface area contributed by atoms with E-state index < -0.39 is 10.0 Å². The van der Waals surface area contributed by atoms with Crippen LogP contribution in [0.2, 0.25) is 5.15 Å². The average molecular weight is 311 g/mol. The maximum atomic E-state index is 12.7. The summed E-state index contributed by atoms with van der Waals surface area (Å²) >= 11 is 5.78. The minimum Gasteiger partial charge on any atom is -0.267 e. The summed E-state index contributed by atoms with van der Waals surface area (Å²) in [4.78, 5) is 3.95. The van der Waals surface area contributed by atoms with E-state index in [2.05, 4.69) is 4.98 Å². The van der Waals surface area contributed by atoms with Crippen LogP contribution in [-0.4, -0.2) is 19.9 Å². The van der Waals surface area contributed by atoms with E-state index in [0.717, 1.165) is 5.56 Å². The number of halogens is 1. The van der Waals surface area contributed by atoms with Crippen LogP contribution in [0.25, 0.3) is 0 Å². The van der Waals surface area contributed by atoms with Crippen molar-refractivity contribution in [3.8, 4) is 0 Å². The molecule has 0 atom stereocenters. The van der Waals surface area contributed by atoms with Gasteiger partial charge in [0.05, 0.1) is 10.6 Å². The predicted octanol–water partition coefficient (Wildman–Crippen LogP) is 3.26. The van der Waals surface area contributed by atoms with Crippen molar-refractivity contribution in [2.75, 3.05) is 10.8 Å². The molecule has 0 radical (unpaired) electrons. The first-order valence-corrected chi connectivity index (χ1v) is 7.98. The molecule has 0 saturated heterocycles. The monoisotopic (exact) mass is 310 g/mol. The van der Waals surface area contributed by atoms with Gasteiger partial charge in [-0.2, -0.15) is 0 Å². The number of benzene rings is 1. The number of aromatic nitrogens is 1. The lowest BCUT2D eigenvalue weighted by Crippen LogP contribution is -2.30. The van der Waals surface area contributed by atoms with Crippen LogP contribution >= 0.6 is 11.6 Å². The van der Waals surface area contributed by atoms with Gasteiger partial charge in [-0.1, -0.05) is 23.7 Å². The van der Waals surface area contributed by atoms with E-state index in [0.29, 0.717) is 12.2 Å². The summed E-state index contributed by atoms with van der Waals surface area (Å²) < 4.78 is 26.7. The van der Waals surface area contributed by atoms with Gasteiger partial charge in [-0.15, -0.1) is 0 Å². The van der Waals surface area contributed by atoms with Crippen LogP contribution in [0.1, 0.15) is 12.5 Å². The third kappa shape index (κ3) is 2.94. The van der Waals surface area contributed by atoms with E-state index in [1.54, 1.807) is 13.0 Å². The van der Waals surface area contributed by atoms with Crippen LogP contribution in [0.4, 0.5) is 5.69 Å². The fourth-order valence-corrected chi connectivity index (χ4v) is 3.66. The Labute approximate surface area is 124 Å². The molecular formula is C14H15ClN2O2S. The molecule has 2 aromatic rings. The second-order valence-electron chi connectivity index (χ2n) is 4.32. The van der Waals surface area contributed by atoms with Gasteiger partial charge in [-0.05, 0) is 43.7 Å². The summed E-state index contributed by atoms with van der Waals surface area (Å²) in [6.07, 6.45) is 1.39. The molecule has 0 spiro atoms. The molecule has 4 nitrogen and oxygen atoms in total. The van der Waals surface area contributed by atoms with E-state index >= 15 is 0 Å². The lowest BCUT2D eigenvalue weighted by Gasteiger charge is -2.23. The molecule has 1 heterocycles. The third-order valence-electron chi connectivity index (χ3n) is 2.86. The standard InChI is InChI=1S/C14H15ClN2O2S/c1-3-17(12-6-4-5-11(2)9-12)20(18,19)13-7-8-16-14(15)10-13/h4-10H,3H2,1-2H3. The molecule has 0 amide bonds. The number of anilines is 1. The SMILES string of the molecule is CCN(c1cccc(C)c1)S(=O)(=O)c1ccnc(Cl)c1. The van der Waals surface area contributed by atoms with Gasteiger partial charge in [0.15, 0.2) is 0 Å². The maximum absolute atomic E-state index is 12.7. The lowest BCUT2D eigenvalue weighted by molar-refractivity contribution is 0.591. The first-order chi connectivity index (χ1) is 9.45. The molecule has 0 aliphatic heterocycles. The van der Waals surface area contributed by atoms with Crippen molar-refractivity contribution in [2.45, 2.75) is 18.7 Å². The molecule has 0 fully saturated rings. The zero-order valence-corrected chi connectivity index (χ0v) is 12.8. The van der Waals surface area contributed by atoms with Crippen LogP contribution in [0.3, 0.4) is 0 Å². The van der Waals surface area contributed by atoms with E-state index in [9.17, 15) is 8.42 Å². The minimum absolute atomic E-state index is 0.140. The van der Waals surface area contributed by atoms with Crippen molar-refractivity contribution in [3.05, 3.63) is 53.3 Å². The Bertz CT molecular complexity index is 717. The topological polar surface area (TPSA) is 50.3 Å². The van der Waals surface area contributed by atoms with Crippen LogP contribution in [0.5, 0.6) is 0 Å². The smallest absolute Gasteiger partial charge is 0.264 e. The third-order valence-corrected chi connectivity index (χ3v) is 4.97. The van der Waals surface area contributed by atoms with Gasteiger partial charge in [0.1, 0.15) is 5.15 Å². The molecule has 1 aromatic heterocycles. The predicted molar refractivity (Wildman–Crippen MR) is 80.6 cm³/mol. The van der Waals surface area contributed by atoms with Crippen LogP contribution in [-0.2, 0) is 10.0 Å². The highest BCUT2D eigenvalue weighted by atomic mass is 35.5. The van der Waals surface area contributed by atoms with Gasteiger partial charge in [-0.3, -0.25) is 4.31 Å². The first kappa shape index (κ1) is 14.8. The minimum atomic E-state index is -3.63. The van der Waals surface area contributed by atoms with Crippen molar-refractivity contribution < 1.29 is 8.42 Å². The Hall–Kier alpha value is -1.59. The molecule has 0 bridgehead atoms. The molecule has 6 heteroatoms. The molecule has 20 heavy (non-hydrogen) atoms. The lowest BCUT2D eigenvalue weighted by atomic mass is 10.2. The van der Waals surface area contributed by atoms with Crippen LogP contribution < -0.4 is 4.31 Å². The Kier molecular flexibility index (Phi) is 4.30. The second kappa shape index (κ2) is 5.81. The van der Waals surface area contributed by atoms with Gasteiger partial charge in [0.2, 0.25) is 0 Å². The molecule has 0 N–H and O–H groups in total. The largest absolute Gasteiger partial charge is 0.267 e. The molecule has 1 aromatic carbocycles. The second-order valence-corrected chi connectivity index (χ2v) is 6.57. The number of pyridine rings is 1. The molecule has 2 rings (SSSR count). The maximum Gasteiger partial charge on any atom is 0.264 e. The normalized spacial score (nSPS) is 11.3. The highest BCUT2D eigenvalue weighted by Crippen LogP contribution is 2.24. The summed E-state index contributed by atoms with van der Waals surface area (Å²) in [5.41, 5.74) is 1.64. The summed E-state index contributed by atoms with van der Waals surface area (Å²) in [5, 5.41) is 0.159. The fourth-order valence-electron chi connectivity index (χ4n) is 1.95. The van der Waals surface area contributed by atoms with Crippen molar-refractivity contribution in [1.82, 2.24) is 4.98 Å². The molecule has 0 unspecified atom stereocenters. The fraction of sp³-hybridized carbons (Fsp3) is 0.214. The van der Waals surface area contributed by atoms with E-state index in [-0.39, 0.29) is 10.0 Å². The van der Waals surface area contributed by atoms with E-state index in [1.165, 1.54) is 22.6 Å². The Morgan fingerprint density at radius 1 is 1.25 bits per heavy atom. The zero-order chi connectivity index (χ0) is 14.8. The van der Waals surface area contributed by atoms with Gasteiger partial charge in [-0.25, -0.2) is 13.4 Å². The van der Waals surface area contributed by atoms with Crippen molar-refractivity contribution in [1.29, 1.82) is 0 Å². The van der Waals surface area contributed by atoms with E-state index in [1.807, 2.05) is 25.1 Å². The zero-order valence-electron chi connectivity index (χ0n) is 11.2. The summed E-state index contributed by atoms with van der Waals surface area (Å²) in [5.74, 6) is 0. The molecular weight excluding hydrogens is 296 g/mol. The summed E-state index contributed by atoms with van der Waals surface area (Å²) in [7, 11) is -3.63. The van der Waals surface area contributed by atoms with Crippen LogP contribution in [0.15, 0.2) is 47.5 Å². The van der Waals surface area contributed by atoms with E-state index in [4.69, 9.17) is 11.6 Å². The van der Waals surface area contributed by atoms with Gasteiger partial charge >= 0.3 is 0 Å². The van der Waals surface area contributed by atoms with Gasteiger partial charge < -0.3 is 0 Å². The summed E-state index contributed by atoms with van der Waals surface area (Å²) in [6.45, 7) is 4.06. The average Bonchev–Trinajstić information content (AvgIpc) is 2.39. The number of hydrogen-bond acceptors (Lipinski definition) is 3. The first-order valence-electron chi connectivity index (χ1n) is 6.16. The molecule has 0 saturated carbocycles. The Balaban J connectivity index is 2.50. The Morgan fingerprint density at radius 3 is 2.60 bits per heavy atom. The van der Waals surface area contributed by atoms with Gasteiger partial charge in [0, 0.05) is 12.7 Å². The Morgan fingerprint density at radius 2 is 2.00 bits per heavy atom.